The predicted octanol–water partition coefficient (Wildman–Crippen LogP) is 3.62. The van der Waals surface area contributed by atoms with Crippen LogP contribution in [-0.4, -0.2) is 41.9 Å². The minimum atomic E-state index is -0.264. The van der Waals surface area contributed by atoms with Gasteiger partial charge in [-0.05, 0) is 82.1 Å². The smallest absolute Gasteiger partial charge is 0.255 e. The highest BCUT2D eigenvalue weighted by Crippen LogP contribution is 2.22. The number of primary amides is 1. The van der Waals surface area contributed by atoms with Gasteiger partial charge in [-0.15, -0.1) is 0 Å². The summed E-state index contributed by atoms with van der Waals surface area (Å²) in [5, 5.41) is 2.98. The van der Waals surface area contributed by atoms with Crippen LogP contribution in [0.1, 0.15) is 49.5 Å². The van der Waals surface area contributed by atoms with Gasteiger partial charge in [0, 0.05) is 36.1 Å². The number of carbonyl (C=O) groups excluding carboxylic acids is 2. The molecular formula is C24H32N4O2. The van der Waals surface area contributed by atoms with Crippen molar-refractivity contribution in [2.75, 3.05) is 23.3 Å². The van der Waals surface area contributed by atoms with Crippen molar-refractivity contribution in [2.24, 2.45) is 5.73 Å². The molecule has 160 valence electrons. The van der Waals surface area contributed by atoms with E-state index < -0.39 is 0 Å². The Labute approximate surface area is 179 Å². The lowest BCUT2D eigenvalue weighted by Gasteiger charge is -2.27. The lowest BCUT2D eigenvalue weighted by molar-refractivity contribution is -0.122. The van der Waals surface area contributed by atoms with Crippen molar-refractivity contribution in [1.29, 1.82) is 0 Å². The zero-order valence-corrected chi connectivity index (χ0v) is 18.1. The van der Waals surface area contributed by atoms with Crippen LogP contribution in [0.2, 0.25) is 0 Å². The summed E-state index contributed by atoms with van der Waals surface area (Å²) in [6.07, 6.45) is 1.79. The van der Waals surface area contributed by atoms with Crippen molar-refractivity contribution < 1.29 is 9.59 Å². The largest absolute Gasteiger partial charge is 0.369 e. The minimum absolute atomic E-state index is 0.137. The van der Waals surface area contributed by atoms with Crippen LogP contribution in [0.5, 0.6) is 0 Å². The second-order valence-electron chi connectivity index (χ2n) is 8.11. The Morgan fingerprint density at radius 1 is 1.20 bits per heavy atom. The SMILES string of the molecule is CCN(c1ccc(C(=O)Nc2cccc(CN3CCCC3C(N)=O)c2)cc1)C(C)C. The van der Waals surface area contributed by atoms with E-state index >= 15 is 0 Å². The molecule has 0 saturated carbocycles. The van der Waals surface area contributed by atoms with E-state index in [0.29, 0.717) is 18.2 Å². The number of nitrogens with zero attached hydrogens (tertiary/aromatic N) is 2. The van der Waals surface area contributed by atoms with Gasteiger partial charge in [0.2, 0.25) is 5.91 Å². The molecule has 30 heavy (non-hydrogen) atoms. The van der Waals surface area contributed by atoms with E-state index in [1.54, 1.807) is 0 Å². The van der Waals surface area contributed by atoms with E-state index in [-0.39, 0.29) is 17.9 Å². The van der Waals surface area contributed by atoms with E-state index in [4.69, 9.17) is 5.73 Å². The molecule has 0 radical (unpaired) electrons. The maximum absolute atomic E-state index is 12.7. The van der Waals surface area contributed by atoms with Crippen molar-refractivity contribution >= 4 is 23.2 Å². The summed E-state index contributed by atoms with van der Waals surface area (Å²) in [4.78, 5) is 28.7. The number of hydrogen-bond donors (Lipinski definition) is 2. The summed E-state index contributed by atoms with van der Waals surface area (Å²) in [6, 6.07) is 15.7. The zero-order chi connectivity index (χ0) is 21.7. The van der Waals surface area contributed by atoms with Crippen LogP contribution < -0.4 is 16.0 Å². The van der Waals surface area contributed by atoms with Gasteiger partial charge in [-0.1, -0.05) is 12.1 Å². The summed E-state index contributed by atoms with van der Waals surface area (Å²) in [6.45, 7) is 8.87. The van der Waals surface area contributed by atoms with E-state index in [9.17, 15) is 9.59 Å². The first kappa shape index (κ1) is 21.8. The summed E-state index contributed by atoms with van der Waals surface area (Å²) < 4.78 is 0. The third-order valence-electron chi connectivity index (χ3n) is 5.69. The monoisotopic (exact) mass is 408 g/mol. The first-order valence-corrected chi connectivity index (χ1v) is 10.7. The lowest BCUT2D eigenvalue weighted by Crippen LogP contribution is -2.39. The van der Waals surface area contributed by atoms with Crippen LogP contribution in [0.4, 0.5) is 11.4 Å². The first-order chi connectivity index (χ1) is 14.4. The molecule has 1 atom stereocenters. The Morgan fingerprint density at radius 2 is 1.93 bits per heavy atom. The maximum Gasteiger partial charge on any atom is 0.255 e. The molecule has 2 amide bonds. The molecule has 0 aromatic heterocycles. The molecule has 0 spiro atoms. The fraction of sp³-hybridized carbons (Fsp3) is 0.417. The first-order valence-electron chi connectivity index (χ1n) is 10.7. The number of likely N-dealkylation sites (tertiary alicyclic amines) is 1. The van der Waals surface area contributed by atoms with Crippen molar-refractivity contribution in [3.63, 3.8) is 0 Å². The number of nitrogens with one attached hydrogen (secondary N) is 1. The number of anilines is 2. The van der Waals surface area contributed by atoms with Crippen LogP contribution in [0.3, 0.4) is 0 Å². The van der Waals surface area contributed by atoms with Gasteiger partial charge >= 0.3 is 0 Å². The number of hydrogen-bond acceptors (Lipinski definition) is 4. The molecular weight excluding hydrogens is 376 g/mol. The molecule has 0 aliphatic carbocycles. The van der Waals surface area contributed by atoms with Gasteiger partial charge in [-0.25, -0.2) is 0 Å². The van der Waals surface area contributed by atoms with Crippen molar-refractivity contribution in [2.45, 2.75) is 52.2 Å². The topological polar surface area (TPSA) is 78.7 Å². The number of rotatable bonds is 8. The highest BCUT2D eigenvalue weighted by molar-refractivity contribution is 6.04. The predicted molar refractivity (Wildman–Crippen MR) is 122 cm³/mol. The van der Waals surface area contributed by atoms with Gasteiger partial charge in [-0.2, -0.15) is 0 Å². The molecule has 3 N–H and O–H groups in total. The van der Waals surface area contributed by atoms with Gasteiger partial charge in [-0.3, -0.25) is 14.5 Å². The van der Waals surface area contributed by atoms with Gasteiger partial charge in [0.05, 0.1) is 6.04 Å². The van der Waals surface area contributed by atoms with E-state index in [1.165, 1.54) is 0 Å². The van der Waals surface area contributed by atoms with Crippen LogP contribution in [-0.2, 0) is 11.3 Å². The third-order valence-corrected chi connectivity index (χ3v) is 5.69. The molecule has 1 heterocycles. The Hall–Kier alpha value is -2.86. The normalized spacial score (nSPS) is 16.6. The molecule has 2 aromatic rings. The second kappa shape index (κ2) is 9.76. The molecule has 6 heteroatoms. The number of nitrogens with two attached hydrogens (primary N) is 1. The van der Waals surface area contributed by atoms with Gasteiger partial charge in [0.15, 0.2) is 0 Å². The molecule has 0 bridgehead atoms. The Balaban J connectivity index is 1.66. The van der Waals surface area contributed by atoms with Crippen LogP contribution >= 0.6 is 0 Å². The molecule has 1 unspecified atom stereocenters. The fourth-order valence-corrected chi connectivity index (χ4v) is 4.17. The number of amides is 2. The van der Waals surface area contributed by atoms with Crippen LogP contribution in [0, 0.1) is 0 Å². The van der Waals surface area contributed by atoms with Crippen LogP contribution in [0.25, 0.3) is 0 Å². The quantitative estimate of drug-likeness (QED) is 0.699. The summed E-state index contributed by atoms with van der Waals surface area (Å²) in [7, 11) is 0. The molecule has 2 aromatic carbocycles. The number of benzene rings is 2. The van der Waals surface area contributed by atoms with Crippen molar-refractivity contribution in [1.82, 2.24) is 4.90 Å². The molecule has 1 aliphatic heterocycles. The highest BCUT2D eigenvalue weighted by atomic mass is 16.2. The molecule has 1 saturated heterocycles. The van der Waals surface area contributed by atoms with E-state index in [2.05, 4.69) is 35.9 Å². The van der Waals surface area contributed by atoms with Gasteiger partial charge in [0.1, 0.15) is 0 Å². The average molecular weight is 409 g/mol. The Kier molecular flexibility index (Phi) is 7.11. The van der Waals surface area contributed by atoms with Gasteiger partial charge in [0.25, 0.3) is 5.91 Å². The zero-order valence-electron chi connectivity index (χ0n) is 18.1. The van der Waals surface area contributed by atoms with Crippen molar-refractivity contribution in [3.8, 4) is 0 Å². The average Bonchev–Trinajstić information content (AvgIpc) is 3.17. The minimum Gasteiger partial charge on any atom is -0.369 e. The molecule has 1 aliphatic rings. The summed E-state index contributed by atoms with van der Waals surface area (Å²) >= 11 is 0. The Bertz CT molecular complexity index is 879. The van der Waals surface area contributed by atoms with Gasteiger partial charge < -0.3 is 16.0 Å². The standard InChI is InChI=1S/C24H32N4O2/c1-4-28(17(2)3)21-12-10-19(11-13-21)24(30)26-20-8-5-7-18(15-20)16-27-14-6-9-22(27)23(25)29/h5,7-8,10-13,15,17,22H,4,6,9,14,16H2,1-3H3,(H2,25,29)(H,26,30). The fourth-order valence-electron chi connectivity index (χ4n) is 4.17. The molecule has 1 fully saturated rings. The van der Waals surface area contributed by atoms with E-state index in [1.807, 2.05) is 48.5 Å². The van der Waals surface area contributed by atoms with E-state index in [0.717, 1.165) is 42.9 Å². The lowest BCUT2D eigenvalue weighted by atomic mass is 10.1. The summed E-state index contributed by atoms with van der Waals surface area (Å²) in [5.74, 6) is -0.401. The number of carbonyl (C=O) groups is 2. The highest BCUT2D eigenvalue weighted by Gasteiger charge is 2.28. The third kappa shape index (κ3) is 5.19. The maximum atomic E-state index is 12.7. The van der Waals surface area contributed by atoms with Crippen molar-refractivity contribution in [3.05, 3.63) is 59.7 Å². The molecule has 6 nitrogen and oxygen atoms in total. The van der Waals surface area contributed by atoms with Crippen LogP contribution in [0.15, 0.2) is 48.5 Å². The molecule has 3 rings (SSSR count). The Morgan fingerprint density at radius 3 is 2.57 bits per heavy atom. The summed E-state index contributed by atoms with van der Waals surface area (Å²) in [5.41, 5.74) is 9.04. The second-order valence-corrected chi connectivity index (χ2v) is 8.11.